The van der Waals surface area contributed by atoms with E-state index in [2.05, 4.69) is 21.7 Å². The second kappa shape index (κ2) is 10.8. The first-order valence-electron chi connectivity index (χ1n) is 12.5. The predicted molar refractivity (Wildman–Crippen MR) is 148 cm³/mol. The SMILES string of the molecule is N#Cc1ccc(/C=C/C[N+]2(C(=O)NCc3ccnc(Cl)c3)CC3(CCNCC3)c3c2ccc(F)c3Cl)cc1. The number of pyridine rings is 1. The van der Waals surface area contributed by atoms with E-state index >= 15 is 0 Å². The molecular weight excluding hydrogens is 524 g/mol. The van der Waals surface area contributed by atoms with Crippen molar-refractivity contribution in [1.29, 1.82) is 5.26 Å². The van der Waals surface area contributed by atoms with Gasteiger partial charge in [-0.1, -0.05) is 41.4 Å². The maximum Gasteiger partial charge on any atom is 0.422 e. The van der Waals surface area contributed by atoms with Crippen LogP contribution in [-0.2, 0) is 12.0 Å². The summed E-state index contributed by atoms with van der Waals surface area (Å²) in [5.41, 5.74) is 3.39. The fourth-order valence-corrected chi connectivity index (χ4v) is 6.30. The fraction of sp³-hybridized carbons (Fsp3) is 0.276. The molecule has 2 aromatic carbocycles. The maximum atomic E-state index is 14.8. The van der Waals surface area contributed by atoms with Gasteiger partial charge in [-0.15, -0.1) is 0 Å². The topological polar surface area (TPSA) is 77.8 Å². The summed E-state index contributed by atoms with van der Waals surface area (Å²) in [5.74, 6) is -0.469. The quantitative estimate of drug-likeness (QED) is 0.303. The molecule has 0 aliphatic carbocycles. The van der Waals surface area contributed by atoms with Crippen LogP contribution in [0.1, 0.15) is 35.1 Å². The summed E-state index contributed by atoms with van der Waals surface area (Å²) in [6.07, 6.45) is 7.03. The maximum absolute atomic E-state index is 14.8. The molecule has 2 amide bonds. The van der Waals surface area contributed by atoms with E-state index in [-0.39, 0.29) is 22.1 Å². The van der Waals surface area contributed by atoms with Gasteiger partial charge >= 0.3 is 6.03 Å². The number of hydrogen-bond donors (Lipinski definition) is 2. The van der Waals surface area contributed by atoms with Gasteiger partial charge in [-0.05, 0) is 73.5 Å². The van der Waals surface area contributed by atoms with Crippen molar-refractivity contribution < 1.29 is 9.18 Å². The van der Waals surface area contributed by atoms with E-state index in [1.807, 2.05) is 24.3 Å². The van der Waals surface area contributed by atoms with Gasteiger partial charge in [0.25, 0.3) is 0 Å². The van der Waals surface area contributed by atoms with Crippen molar-refractivity contribution in [1.82, 2.24) is 20.1 Å². The minimum atomic E-state index is -0.469. The van der Waals surface area contributed by atoms with Crippen molar-refractivity contribution in [2.75, 3.05) is 26.2 Å². The van der Waals surface area contributed by atoms with Gasteiger partial charge in [0.1, 0.15) is 29.7 Å². The zero-order valence-electron chi connectivity index (χ0n) is 20.7. The average molecular weight is 551 g/mol. The van der Waals surface area contributed by atoms with Gasteiger partial charge in [0, 0.05) is 24.4 Å². The number of urea groups is 1. The molecule has 0 radical (unpaired) electrons. The van der Waals surface area contributed by atoms with Crippen molar-refractivity contribution >= 4 is 41.0 Å². The largest absolute Gasteiger partial charge is 0.422 e. The van der Waals surface area contributed by atoms with Crippen LogP contribution in [0.3, 0.4) is 0 Å². The highest BCUT2D eigenvalue weighted by atomic mass is 35.5. The minimum absolute atomic E-state index is 0.0269. The Morgan fingerprint density at radius 2 is 1.95 bits per heavy atom. The van der Waals surface area contributed by atoms with Gasteiger partial charge in [0.05, 0.1) is 22.1 Å². The van der Waals surface area contributed by atoms with Crippen LogP contribution in [0.5, 0.6) is 0 Å². The number of nitrogens with zero attached hydrogens (tertiary/aromatic N) is 3. The van der Waals surface area contributed by atoms with Crippen molar-refractivity contribution in [2.24, 2.45) is 0 Å². The molecule has 3 heterocycles. The van der Waals surface area contributed by atoms with Crippen molar-refractivity contribution in [3.05, 3.63) is 99.1 Å². The first-order valence-corrected chi connectivity index (χ1v) is 13.2. The highest BCUT2D eigenvalue weighted by molar-refractivity contribution is 6.32. The number of carbonyl (C=O) groups is 1. The Labute approximate surface area is 231 Å². The summed E-state index contributed by atoms with van der Waals surface area (Å²) < 4.78 is 14.8. The molecule has 38 heavy (non-hydrogen) atoms. The fourth-order valence-electron chi connectivity index (χ4n) is 5.74. The number of amides is 2. The smallest absolute Gasteiger partial charge is 0.317 e. The number of quaternary nitrogens is 1. The monoisotopic (exact) mass is 550 g/mol. The van der Waals surface area contributed by atoms with E-state index in [9.17, 15) is 9.18 Å². The number of hydrogen-bond acceptors (Lipinski definition) is 4. The Hall–Kier alpha value is -3.28. The molecule has 2 aliphatic heterocycles. The van der Waals surface area contributed by atoms with Crippen molar-refractivity contribution in [3.8, 4) is 6.07 Å². The second-order valence-corrected chi connectivity index (χ2v) is 10.6. The van der Waals surface area contributed by atoms with E-state index in [1.165, 1.54) is 6.07 Å². The molecule has 1 spiro atoms. The van der Waals surface area contributed by atoms with Gasteiger partial charge in [-0.3, -0.25) is 0 Å². The number of carbonyl (C=O) groups excluding carboxylic acids is 1. The Bertz CT molecular complexity index is 1430. The van der Waals surface area contributed by atoms with E-state index < -0.39 is 11.2 Å². The molecule has 1 saturated heterocycles. The number of benzene rings is 2. The summed E-state index contributed by atoms with van der Waals surface area (Å²) in [6, 6.07) is 15.8. The molecule has 9 heteroatoms. The minimum Gasteiger partial charge on any atom is -0.317 e. The number of aromatic nitrogens is 1. The van der Waals surface area contributed by atoms with Crippen LogP contribution in [-0.4, -0.2) is 37.2 Å². The molecule has 1 unspecified atom stereocenters. The van der Waals surface area contributed by atoms with Crippen LogP contribution >= 0.6 is 23.2 Å². The van der Waals surface area contributed by atoms with Gasteiger partial charge < -0.3 is 10.6 Å². The number of piperidine rings is 1. The number of nitriles is 1. The molecule has 5 rings (SSSR count). The first kappa shape index (κ1) is 26.3. The molecule has 0 bridgehead atoms. The molecule has 194 valence electrons. The molecule has 1 fully saturated rings. The molecule has 3 aromatic rings. The number of rotatable bonds is 5. The van der Waals surface area contributed by atoms with E-state index in [1.54, 1.807) is 36.5 Å². The molecule has 2 aliphatic rings. The highest BCUT2D eigenvalue weighted by Gasteiger charge is 2.58. The Morgan fingerprint density at radius 3 is 2.66 bits per heavy atom. The summed E-state index contributed by atoms with van der Waals surface area (Å²) in [5, 5.41) is 16.0. The average Bonchev–Trinajstić information content (AvgIpc) is 3.20. The van der Waals surface area contributed by atoms with Crippen LogP contribution in [0.4, 0.5) is 14.9 Å². The molecule has 1 atom stereocenters. The molecular formula is C29H27Cl2FN5O+. The molecule has 2 N–H and O–H groups in total. The van der Waals surface area contributed by atoms with Gasteiger partial charge in [0.2, 0.25) is 0 Å². The zero-order chi connectivity index (χ0) is 26.8. The van der Waals surface area contributed by atoms with Crippen molar-refractivity contribution in [2.45, 2.75) is 24.8 Å². The third-order valence-electron chi connectivity index (χ3n) is 7.59. The van der Waals surface area contributed by atoms with Crippen LogP contribution in [0.2, 0.25) is 10.2 Å². The number of nitrogens with one attached hydrogen (secondary N) is 2. The van der Waals surface area contributed by atoms with E-state index in [4.69, 9.17) is 28.5 Å². The lowest BCUT2D eigenvalue weighted by molar-refractivity contribution is 0.189. The lowest BCUT2D eigenvalue weighted by Crippen LogP contribution is -2.60. The summed E-state index contributed by atoms with van der Waals surface area (Å²) >= 11 is 12.7. The second-order valence-electron chi connectivity index (χ2n) is 9.88. The standard InChI is InChI=1S/C29H26Cl2FN5O/c30-25-16-22(9-12-35-25)18-36-28(38)37(15-1-2-20-3-5-21(17-33)6-4-20)19-29(10-13-34-14-11-29)26-24(37)8-7-23(32)27(26)31/h1-9,12,16,34H,10-11,13-15,18-19H2/p+1/b2-1+. The lowest BCUT2D eigenvalue weighted by Gasteiger charge is -2.36. The summed E-state index contributed by atoms with van der Waals surface area (Å²) in [7, 11) is 0. The molecule has 1 aromatic heterocycles. The Balaban J connectivity index is 1.54. The van der Waals surface area contributed by atoms with Gasteiger partial charge in [0.15, 0.2) is 0 Å². The van der Waals surface area contributed by atoms with E-state index in [0.29, 0.717) is 23.8 Å². The number of halogens is 3. The normalized spacial score (nSPS) is 19.8. The van der Waals surface area contributed by atoms with Crippen LogP contribution in [0, 0.1) is 17.1 Å². The van der Waals surface area contributed by atoms with Crippen LogP contribution < -0.4 is 15.1 Å². The predicted octanol–water partition coefficient (Wildman–Crippen LogP) is 5.96. The number of fused-ring (bicyclic) bond motifs is 2. The van der Waals surface area contributed by atoms with Crippen molar-refractivity contribution in [3.63, 3.8) is 0 Å². The lowest BCUT2D eigenvalue weighted by atomic mass is 9.74. The Morgan fingerprint density at radius 1 is 1.18 bits per heavy atom. The molecule has 0 saturated carbocycles. The zero-order valence-corrected chi connectivity index (χ0v) is 22.2. The third kappa shape index (κ3) is 4.93. The van der Waals surface area contributed by atoms with Gasteiger partial charge in [-0.25, -0.2) is 18.7 Å². The molecule has 6 nitrogen and oxygen atoms in total. The summed E-state index contributed by atoms with van der Waals surface area (Å²) in [6.45, 7) is 2.65. The summed E-state index contributed by atoms with van der Waals surface area (Å²) in [4.78, 5) is 18.1. The third-order valence-corrected chi connectivity index (χ3v) is 8.16. The Kier molecular flexibility index (Phi) is 7.51. The van der Waals surface area contributed by atoms with Gasteiger partial charge in [-0.2, -0.15) is 5.26 Å². The van der Waals surface area contributed by atoms with Crippen LogP contribution in [0.15, 0.2) is 60.8 Å². The van der Waals surface area contributed by atoms with E-state index in [0.717, 1.165) is 48.3 Å². The highest BCUT2D eigenvalue weighted by Crippen LogP contribution is 2.53. The van der Waals surface area contributed by atoms with Crippen LogP contribution in [0.25, 0.3) is 6.08 Å². The first-order chi connectivity index (χ1) is 18.4.